The van der Waals surface area contributed by atoms with Gasteiger partial charge in [0.05, 0.1) is 6.10 Å². The first-order valence-corrected chi connectivity index (χ1v) is 5.75. The van der Waals surface area contributed by atoms with E-state index in [1.54, 1.807) is 0 Å². The number of nitrogens with one attached hydrogen (secondary N) is 1. The molecule has 1 N–H and O–H groups in total. The second kappa shape index (κ2) is 4.25. The molecule has 0 radical (unpaired) electrons. The average molecular weight is 234 g/mol. The first-order chi connectivity index (χ1) is 8.31. The number of nitrogens with zero attached hydrogens (tertiary/aromatic N) is 5. The van der Waals surface area contributed by atoms with Crippen LogP contribution >= 0.6 is 0 Å². The van der Waals surface area contributed by atoms with Crippen LogP contribution in [-0.2, 0) is 4.74 Å². The van der Waals surface area contributed by atoms with E-state index < -0.39 is 0 Å². The van der Waals surface area contributed by atoms with Crippen LogP contribution in [0, 0.1) is 0 Å². The smallest absolute Gasteiger partial charge is 0.200 e. The Morgan fingerprint density at radius 1 is 1.47 bits per heavy atom. The van der Waals surface area contributed by atoms with Gasteiger partial charge in [0.25, 0.3) is 0 Å². The summed E-state index contributed by atoms with van der Waals surface area (Å²) in [6.07, 6.45) is 2.30. The summed E-state index contributed by atoms with van der Waals surface area (Å²) >= 11 is 0. The molecular weight excluding hydrogens is 220 g/mol. The maximum Gasteiger partial charge on any atom is 0.200 e. The standard InChI is InChI=1S/C10H14N6O/c1-7-6-8(4-5-17-7)11-9-2-3-10-12-14-15-16(10)13-9/h2-3,7-8H,4-6H2,1H3,(H,11,13). The third-order valence-corrected chi connectivity index (χ3v) is 2.91. The molecule has 1 fully saturated rings. The topological polar surface area (TPSA) is 77.2 Å². The zero-order valence-corrected chi connectivity index (χ0v) is 9.58. The van der Waals surface area contributed by atoms with Crippen LogP contribution in [0.25, 0.3) is 5.65 Å². The quantitative estimate of drug-likeness (QED) is 0.815. The minimum absolute atomic E-state index is 0.304. The van der Waals surface area contributed by atoms with E-state index in [1.165, 1.54) is 4.63 Å². The third-order valence-electron chi connectivity index (χ3n) is 2.91. The van der Waals surface area contributed by atoms with Gasteiger partial charge in [-0.1, -0.05) is 0 Å². The number of ether oxygens (including phenoxy) is 1. The van der Waals surface area contributed by atoms with Gasteiger partial charge < -0.3 is 10.1 Å². The predicted molar refractivity (Wildman–Crippen MR) is 60.6 cm³/mol. The minimum Gasteiger partial charge on any atom is -0.378 e. The van der Waals surface area contributed by atoms with Crippen molar-refractivity contribution in [1.82, 2.24) is 25.3 Å². The average Bonchev–Trinajstić information content (AvgIpc) is 2.76. The Labute approximate surface area is 98.1 Å². The number of hydrogen-bond donors (Lipinski definition) is 1. The second-order valence-corrected chi connectivity index (χ2v) is 4.29. The minimum atomic E-state index is 0.304. The summed E-state index contributed by atoms with van der Waals surface area (Å²) in [5.41, 5.74) is 0.649. The largest absolute Gasteiger partial charge is 0.378 e. The van der Waals surface area contributed by atoms with E-state index in [-0.39, 0.29) is 0 Å². The highest BCUT2D eigenvalue weighted by Gasteiger charge is 2.19. The summed E-state index contributed by atoms with van der Waals surface area (Å²) in [7, 11) is 0. The zero-order chi connectivity index (χ0) is 11.7. The predicted octanol–water partition coefficient (Wildman–Crippen LogP) is 0.499. The van der Waals surface area contributed by atoms with E-state index in [9.17, 15) is 0 Å². The van der Waals surface area contributed by atoms with Crippen molar-refractivity contribution in [3.8, 4) is 0 Å². The van der Waals surface area contributed by atoms with E-state index in [0.717, 1.165) is 25.3 Å². The number of rotatable bonds is 2. The van der Waals surface area contributed by atoms with Crippen molar-refractivity contribution >= 4 is 11.5 Å². The maximum atomic E-state index is 5.51. The summed E-state index contributed by atoms with van der Waals surface area (Å²) in [5, 5.41) is 18.8. The van der Waals surface area contributed by atoms with Gasteiger partial charge in [0.15, 0.2) is 5.65 Å². The number of fused-ring (bicyclic) bond motifs is 1. The fraction of sp³-hybridized carbons (Fsp3) is 0.600. The molecule has 0 aliphatic carbocycles. The first-order valence-electron chi connectivity index (χ1n) is 5.75. The summed E-state index contributed by atoms with van der Waals surface area (Å²) in [4.78, 5) is 0. The fourth-order valence-electron chi connectivity index (χ4n) is 2.06. The first kappa shape index (κ1) is 10.4. The molecule has 2 atom stereocenters. The number of aromatic nitrogens is 5. The van der Waals surface area contributed by atoms with Crippen LogP contribution in [0.5, 0.6) is 0 Å². The van der Waals surface area contributed by atoms with Gasteiger partial charge in [0, 0.05) is 12.6 Å². The van der Waals surface area contributed by atoms with Gasteiger partial charge in [-0.15, -0.1) is 14.8 Å². The summed E-state index contributed by atoms with van der Waals surface area (Å²) in [5.74, 6) is 0.795. The van der Waals surface area contributed by atoms with Gasteiger partial charge in [0.1, 0.15) is 5.82 Å². The molecule has 0 amide bonds. The number of anilines is 1. The van der Waals surface area contributed by atoms with Crippen LogP contribution in [-0.4, -0.2) is 44.0 Å². The van der Waals surface area contributed by atoms with Crippen LogP contribution in [0.3, 0.4) is 0 Å². The molecule has 1 aliphatic heterocycles. The van der Waals surface area contributed by atoms with Crippen LogP contribution in [0.2, 0.25) is 0 Å². The second-order valence-electron chi connectivity index (χ2n) is 4.29. The lowest BCUT2D eigenvalue weighted by molar-refractivity contribution is 0.0231. The van der Waals surface area contributed by atoms with Crippen molar-refractivity contribution in [3.05, 3.63) is 12.1 Å². The maximum absolute atomic E-state index is 5.51. The molecular formula is C10H14N6O. The lowest BCUT2D eigenvalue weighted by Crippen LogP contribution is -2.32. The molecule has 7 heteroatoms. The molecule has 90 valence electrons. The van der Waals surface area contributed by atoms with Crippen LogP contribution < -0.4 is 5.32 Å². The molecule has 2 aromatic heterocycles. The van der Waals surface area contributed by atoms with Crippen molar-refractivity contribution in [2.75, 3.05) is 11.9 Å². The monoisotopic (exact) mass is 234 g/mol. The van der Waals surface area contributed by atoms with Crippen LogP contribution in [0.4, 0.5) is 5.82 Å². The van der Waals surface area contributed by atoms with Gasteiger partial charge in [0.2, 0.25) is 0 Å². The molecule has 0 spiro atoms. The Bertz CT molecular complexity index is 512. The van der Waals surface area contributed by atoms with E-state index in [2.05, 4.69) is 32.9 Å². The van der Waals surface area contributed by atoms with Gasteiger partial charge in [-0.25, -0.2) is 0 Å². The van der Waals surface area contributed by atoms with Gasteiger partial charge in [-0.3, -0.25) is 0 Å². The molecule has 3 rings (SSSR count). The number of hydrogen-bond acceptors (Lipinski definition) is 6. The molecule has 0 aromatic carbocycles. The highest BCUT2D eigenvalue weighted by atomic mass is 16.5. The zero-order valence-electron chi connectivity index (χ0n) is 9.58. The van der Waals surface area contributed by atoms with Gasteiger partial charge in [-0.2, -0.15) is 0 Å². The van der Waals surface area contributed by atoms with E-state index >= 15 is 0 Å². The van der Waals surface area contributed by atoms with Crippen molar-refractivity contribution in [3.63, 3.8) is 0 Å². The SMILES string of the molecule is CC1CC(Nc2ccc3nnnn3n2)CCO1. The molecule has 0 saturated carbocycles. The summed E-state index contributed by atoms with van der Waals surface area (Å²) < 4.78 is 6.93. The van der Waals surface area contributed by atoms with E-state index in [1.807, 2.05) is 12.1 Å². The molecule has 17 heavy (non-hydrogen) atoms. The normalized spacial score (nSPS) is 25.0. The Morgan fingerprint density at radius 3 is 3.29 bits per heavy atom. The highest BCUT2D eigenvalue weighted by Crippen LogP contribution is 2.17. The lowest BCUT2D eigenvalue weighted by Gasteiger charge is -2.28. The van der Waals surface area contributed by atoms with Gasteiger partial charge in [-0.05, 0) is 42.3 Å². The van der Waals surface area contributed by atoms with Gasteiger partial charge >= 0.3 is 0 Å². The van der Waals surface area contributed by atoms with Crippen molar-refractivity contribution in [2.45, 2.75) is 31.9 Å². The number of tetrazole rings is 1. The summed E-state index contributed by atoms with van der Waals surface area (Å²) in [6, 6.07) is 4.14. The Kier molecular flexibility index (Phi) is 2.60. The molecule has 2 aromatic rings. The van der Waals surface area contributed by atoms with Crippen molar-refractivity contribution < 1.29 is 4.74 Å². The van der Waals surface area contributed by atoms with E-state index in [0.29, 0.717) is 17.8 Å². The fourth-order valence-corrected chi connectivity index (χ4v) is 2.06. The molecule has 3 heterocycles. The van der Waals surface area contributed by atoms with E-state index in [4.69, 9.17) is 4.74 Å². The van der Waals surface area contributed by atoms with Crippen molar-refractivity contribution in [1.29, 1.82) is 0 Å². The molecule has 1 aliphatic rings. The van der Waals surface area contributed by atoms with Crippen LogP contribution in [0.1, 0.15) is 19.8 Å². The highest BCUT2D eigenvalue weighted by molar-refractivity contribution is 5.42. The van der Waals surface area contributed by atoms with Crippen LogP contribution in [0.15, 0.2) is 12.1 Å². The molecule has 2 unspecified atom stereocenters. The summed E-state index contributed by atoms with van der Waals surface area (Å²) in [6.45, 7) is 2.89. The molecule has 1 saturated heterocycles. The Morgan fingerprint density at radius 2 is 2.41 bits per heavy atom. The lowest BCUT2D eigenvalue weighted by atomic mass is 10.0. The molecule has 0 bridgehead atoms. The third kappa shape index (κ3) is 2.19. The molecule has 7 nitrogen and oxygen atoms in total. The Hall–Kier alpha value is -1.76. The Balaban J connectivity index is 1.75. The van der Waals surface area contributed by atoms with Crippen molar-refractivity contribution in [2.24, 2.45) is 0 Å².